The van der Waals surface area contributed by atoms with E-state index in [0.717, 1.165) is 5.56 Å². The summed E-state index contributed by atoms with van der Waals surface area (Å²) in [7, 11) is 0. The zero-order chi connectivity index (χ0) is 14.1. The van der Waals surface area contributed by atoms with Gasteiger partial charge in [-0.05, 0) is 5.56 Å². The third-order valence-electron chi connectivity index (χ3n) is 2.41. The third kappa shape index (κ3) is 6.54. The Morgan fingerprint density at radius 3 is 2.47 bits per heavy atom. The van der Waals surface area contributed by atoms with E-state index in [9.17, 15) is 9.59 Å². The smallest absolute Gasteiger partial charge is 0.252 e. The molecular formula is C13H19N3O3. The molecule has 0 heterocycles. The van der Waals surface area contributed by atoms with Crippen LogP contribution in [0.5, 0.6) is 0 Å². The molecule has 0 aromatic heterocycles. The van der Waals surface area contributed by atoms with Crippen LogP contribution in [0.3, 0.4) is 0 Å². The lowest BCUT2D eigenvalue weighted by Gasteiger charge is -2.20. The third-order valence-corrected chi connectivity index (χ3v) is 2.41. The molecule has 0 spiro atoms. The topological polar surface area (TPSA) is 81.7 Å². The van der Waals surface area contributed by atoms with E-state index in [4.69, 9.17) is 5.11 Å². The molecule has 1 aromatic carbocycles. The van der Waals surface area contributed by atoms with Gasteiger partial charge >= 0.3 is 0 Å². The maximum absolute atomic E-state index is 11.6. The second-order valence-electron chi connectivity index (χ2n) is 4.15. The van der Waals surface area contributed by atoms with Crippen LogP contribution in [0.1, 0.15) is 12.5 Å². The van der Waals surface area contributed by atoms with Crippen LogP contribution >= 0.6 is 0 Å². The molecule has 0 unspecified atom stereocenters. The zero-order valence-corrected chi connectivity index (χ0v) is 10.9. The zero-order valence-electron chi connectivity index (χ0n) is 10.9. The summed E-state index contributed by atoms with van der Waals surface area (Å²) in [4.78, 5) is 24.0. The van der Waals surface area contributed by atoms with Gasteiger partial charge in [0.25, 0.3) is 5.91 Å². The van der Waals surface area contributed by atoms with Crippen molar-refractivity contribution in [2.75, 3.05) is 19.7 Å². The van der Waals surface area contributed by atoms with Gasteiger partial charge in [-0.2, -0.15) is 0 Å². The molecule has 0 aliphatic carbocycles. The summed E-state index contributed by atoms with van der Waals surface area (Å²) in [5.74, 6) is -0.648. The number of nitrogens with one attached hydrogen (secondary N) is 2. The van der Waals surface area contributed by atoms with E-state index in [-0.39, 0.29) is 25.0 Å². The largest absolute Gasteiger partial charge is 0.395 e. The van der Waals surface area contributed by atoms with Crippen molar-refractivity contribution < 1.29 is 14.7 Å². The molecule has 0 bridgehead atoms. The van der Waals surface area contributed by atoms with E-state index in [1.54, 1.807) is 4.90 Å². The fourth-order valence-corrected chi connectivity index (χ4v) is 1.60. The van der Waals surface area contributed by atoms with E-state index in [2.05, 4.69) is 10.9 Å². The molecule has 0 saturated carbocycles. The van der Waals surface area contributed by atoms with Gasteiger partial charge in [0.05, 0.1) is 13.2 Å². The highest BCUT2D eigenvalue weighted by atomic mass is 16.3. The molecular weight excluding hydrogens is 246 g/mol. The number of carbonyl (C=O) groups is 2. The normalized spacial score (nSPS) is 10.3. The van der Waals surface area contributed by atoms with Crippen LogP contribution in [0.25, 0.3) is 0 Å². The van der Waals surface area contributed by atoms with Crippen molar-refractivity contribution in [3.63, 3.8) is 0 Å². The fourth-order valence-electron chi connectivity index (χ4n) is 1.60. The second-order valence-corrected chi connectivity index (χ2v) is 4.15. The molecule has 1 rings (SSSR count). The average Bonchev–Trinajstić information content (AvgIpc) is 2.38. The van der Waals surface area contributed by atoms with Crippen LogP contribution in [0.15, 0.2) is 30.3 Å². The number of carbonyl (C=O) groups excluding carboxylic acids is 2. The molecule has 6 nitrogen and oxygen atoms in total. The highest BCUT2D eigenvalue weighted by Crippen LogP contribution is 2.03. The number of nitrogens with zero attached hydrogens (tertiary/aromatic N) is 1. The van der Waals surface area contributed by atoms with Gasteiger partial charge in [-0.25, -0.2) is 0 Å². The number of hydrazine groups is 1. The first-order chi connectivity index (χ1) is 9.11. The molecule has 6 heteroatoms. The summed E-state index contributed by atoms with van der Waals surface area (Å²) in [5, 5.41) is 9.00. The summed E-state index contributed by atoms with van der Waals surface area (Å²) >= 11 is 0. The number of hydrogen-bond donors (Lipinski definition) is 3. The fraction of sp³-hybridized carbons (Fsp3) is 0.385. The number of rotatable bonds is 6. The summed E-state index contributed by atoms with van der Waals surface area (Å²) in [6.45, 7) is 2.35. The lowest BCUT2D eigenvalue weighted by molar-refractivity contribution is -0.128. The van der Waals surface area contributed by atoms with Crippen molar-refractivity contribution in [2.45, 2.75) is 13.5 Å². The number of aliphatic hydroxyl groups excluding tert-OH is 1. The van der Waals surface area contributed by atoms with E-state index in [0.29, 0.717) is 13.1 Å². The first-order valence-electron chi connectivity index (χ1n) is 6.04. The van der Waals surface area contributed by atoms with E-state index < -0.39 is 0 Å². The van der Waals surface area contributed by atoms with Crippen LogP contribution in [-0.2, 0) is 16.1 Å². The Hall–Kier alpha value is -1.92. The van der Waals surface area contributed by atoms with Gasteiger partial charge in [-0.3, -0.25) is 25.3 Å². The summed E-state index contributed by atoms with van der Waals surface area (Å²) in [5.41, 5.74) is 5.58. The molecule has 19 heavy (non-hydrogen) atoms. The maximum atomic E-state index is 11.6. The van der Waals surface area contributed by atoms with Crippen molar-refractivity contribution in [3.8, 4) is 0 Å². The molecule has 2 amide bonds. The number of benzene rings is 1. The summed E-state index contributed by atoms with van der Waals surface area (Å²) < 4.78 is 0. The van der Waals surface area contributed by atoms with Gasteiger partial charge in [-0.1, -0.05) is 30.3 Å². The van der Waals surface area contributed by atoms with Crippen LogP contribution < -0.4 is 10.9 Å². The molecule has 0 aliphatic heterocycles. The van der Waals surface area contributed by atoms with Crippen LogP contribution in [0, 0.1) is 0 Å². The van der Waals surface area contributed by atoms with Gasteiger partial charge in [0.15, 0.2) is 0 Å². The lowest BCUT2D eigenvalue weighted by Crippen LogP contribution is -2.46. The molecule has 104 valence electrons. The number of aliphatic hydroxyl groups is 1. The lowest BCUT2D eigenvalue weighted by atomic mass is 10.2. The molecule has 0 aliphatic rings. The minimum absolute atomic E-state index is 0.0275. The predicted octanol–water partition coefficient (Wildman–Crippen LogP) is -0.352. The first-order valence-corrected chi connectivity index (χ1v) is 6.04. The van der Waals surface area contributed by atoms with Crippen molar-refractivity contribution in [3.05, 3.63) is 35.9 Å². The predicted molar refractivity (Wildman–Crippen MR) is 70.8 cm³/mol. The molecule has 3 N–H and O–H groups in total. The Bertz CT molecular complexity index is 409. The molecule has 0 fully saturated rings. The van der Waals surface area contributed by atoms with E-state index in [1.807, 2.05) is 30.3 Å². The van der Waals surface area contributed by atoms with Gasteiger partial charge in [0, 0.05) is 20.0 Å². The maximum Gasteiger partial charge on any atom is 0.252 e. The Balaban J connectivity index is 2.48. The molecule has 1 aromatic rings. The van der Waals surface area contributed by atoms with Crippen molar-refractivity contribution >= 4 is 11.8 Å². The SMILES string of the molecule is CC(=O)NNC(=O)CN(CCO)Cc1ccccc1. The van der Waals surface area contributed by atoms with E-state index >= 15 is 0 Å². The summed E-state index contributed by atoms with van der Waals surface area (Å²) in [6, 6.07) is 9.67. The average molecular weight is 265 g/mol. The molecule has 0 atom stereocenters. The Morgan fingerprint density at radius 1 is 1.21 bits per heavy atom. The van der Waals surface area contributed by atoms with Gasteiger partial charge in [-0.15, -0.1) is 0 Å². The number of amides is 2. The summed E-state index contributed by atoms with van der Waals surface area (Å²) in [6.07, 6.45) is 0. The first kappa shape index (κ1) is 15.1. The second kappa shape index (κ2) is 8.23. The van der Waals surface area contributed by atoms with Crippen LogP contribution in [0.4, 0.5) is 0 Å². The minimum Gasteiger partial charge on any atom is -0.395 e. The highest BCUT2D eigenvalue weighted by Gasteiger charge is 2.10. The van der Waals surface area contributed by atoms with Gasteiger partial charge in [0.1, 0.15) is 0 Å². The standard InChI is InChI=1S/C13H19N3O3/c1-11(18)14-15-13(19)10-16(7-8-17)9-12-5-3-2-4-6-12/h2-6,17H,7-10H2,1H3,(H,14,18)(H,15,19). The van der Waals surface area contributed by atoms with Crippen molar-refractivity contribution in [1.29, 1.82) is 0 Å². The Morgan fingerprint density at radius 2 is 1.89 bits per heavy atom. The van der Waals surface area contributed by atoms with Gasteiger partial charge in [0.2, 0.25) is 5.91 Å². The quantitative estimate of drug-likeness (QED) is 0.614. The minimum atomic E-state index is -0.329. The van der Waals surface area contributed by atoms with Gasteiger partial charge < -0.3 is 5.11 Å². The Kier molecular flexibility index (Phi) is 6.56. The van der Waals surface area contributed by atoms with E-state index in [1.165, 1.54) is 6.92 Å². The number of hydrogen-bond acceptors (Lipinski definition) is 4. The van der Waals surface area contributed by atoms with Crippen LogP contribution in [0.2, 0.25) is 0 Å². The van der Waals surface area contributed by atoms with Crippen molar-refractivity contribution in [1.82, 2.24) is 15.8 Å². The molecule has 0 radical (unpaired) electrons. The Labute approximate surface area is 112 Å². The highest BCUT2D eigenvalue weighted by molar-refractivity contribution is 5.81. The van der Waals surface area contributed by atoms with Crippen molar-refractivity contribution in [2.24, 2.45) is 0 Å². The van der Waals surface area contributed by atoms with Crippen LogP contribution in [-0.4, -0.2) is 41.5 Å². The monoisotopic (exact) mass is 265 g/mol. The molecule has 0 saturated heterocycles.